The highest BCUT2D eigenvalue weighted by Gasteiger charge is 2.39. The van der Waals surface area contributed by atoms with Crippen molar-refractivity contribution in [3.8, 4) is 5.75 Å². The molecule has 1 saturated heterocycles. The average molecular weight is 512 g/mol. The highest BCUT2D eigenvalue weighted by atomic mass is 16.5. The van der Waals surface area contributed by atoms with Crippen molar-refractivity contribution in [1.82, 2.24) is 10.2 Å². The fourth-order valence-corrected chi connectivity index (χ4v) is 5.85. The molecule has 0 bridgehead atoms. The summed E-state index contributed by atoms with van der Waals surface area (Å²) in [6.07, 6.45) is 3.50. The Kier molecular flexibility index (Phi) is 8.27. The van der Waals surface area contributed by atoms with E-state index in [4.69, 9.17) is 4.74 Å². The summed E-state index contributed by atoms with van der Waals surface area (Å²) in [5.41, 5.74) is 3.22. The molecular weight excluding hydrogens is 474 g/mol. The number of carbonyl (C=O) groups excluding carboxylic acids is 2. The van der Waals surface area contributed by atoms with Crippen molar-refractivity contribution in [3.63, 3.8) is 0 Å². The summed E-state index contributed by atoms with van der Waals surface area (Å²) in [6.45, 7) is 2.91. The molecule has 1 aliphatic carbocycles. The van der Waals surface area contributed by atoms with E-state index in [0.29, 0.717) is 13.1 Å². The minimum atomic E-state index is -0.300. The SMILES string of the molecule is COc1ccc(N2CCN(C(=O)C3CCCCC3C(=O)NC(c3ccccc3)c3ccccc3)CC2)cc1. The van der Waals surface area contributed by atoms with Crippen LogP contribution in [-0.2, 0) is 9.59 Å². The number of benzene rings is 3. The van der Waals surface area contributed by atoms with E-state index in [1.165, 1.54) is 0 Å². The molecule has 0 spiro atoms. The van der Waals surface area contributed by atoms with E-state index in [9.17, 15) is 9.59 Å². The maximum Gasteiger partial charge on any atom is 0.226 e. The van der Waals surface area contributed by atoms with Gasteiger partial charge in [0.2, 0.25) is 11.8 Å². The number of methoxy groups -OCH3 is 1. The minimum Gasteiger partial charge on any atom is -0.497 e. The second kappa shape index (κ2) is 12.2. The zero-order chi connectivity index (χ0) is 26.3. The summed E-state index contributed by atoms with van der Waals surface area (Å²) in [5, 5.41) is 3.32. The maximum atomic E-state index is 13.7. The normalized spacial score (nSPS) is 19.7. The minimum absolute atomic E-state index is 0.0161. The Balaban J connectivity index is 1.26. The predicted octanol–water partition coefficient (Wildman–Crippen LogP) is 5.06. The molecule has 0 radical (unpaired) electrons. The lowest BCUT2D eigenvalue weighted by Crippen LogP contribution is -2.53. The van der Waals surface area contributed by atoms with Gasteiger partial charge in [-0.05, 0) is 48.2 Å². The molecular formula is C32H37N3O3. The second-order valence-electron chi connectivity index (χ2n) is 10.3. The first-order chi connectivity index (χ1) is 18.6. The van der Waals surface area contributed by atoms with Crippen LogP contribution in [-0.4, -0.2) is 50.0 Å². The monoisotopic (exact) mass is 511 g/mol. The Bertz CT molecular complexity index is 1150. The van der Waals surface area contributed by atoms with E-state index in [1.54, 1.807) is 7.11 Å². The van der Waals surface area contributed by atoms with Crippen molar-refractivity contribution < 1.29 is 14.3 Å². The van der Waals surface area contributed by atoms with Crippen molar-refractivity contribution >= 4 is 17.5 Å². The Morgan fingerprint density at radius 2 is 1.32 bits per heavy atom. The van der Waals surface area contributed by atoms with E-state index in [0.717, 1.165) is 61.3 Å². The molecule has 1 saturated carbocycles. The lowest BCUT2D eigenvalue weighted by molar-refractivity contribution is -0.144. The van der Waals surface area contributed by atoms with Gasteiger partial charge in [0.05, 0.1) is 13.2 Å². The topological polar surface area (TPSA) is 61.9 Å². The van der Waals surface area contributed by atoms with Crippen LogP contribution < -0.4 is 15.0 Å². The molecule has 2 amide bonds. The summed E-state index contributed by atoms with van der Waals surface area (Å²) < 4.78 is 5.27. The van der Waals surface area contributed by atoms with Gasteiger partial charge in [0.15, 0.2) is 0 Å². The van der Waals surface area contributed by atoms with Crippen LogP contribution in [0.2, 0.25) is 0 Å². The highest BCUT2D eigenvalue weighted by molar-refractivity contribution is 5.88. The smallest absolute Gasteiger partial charge is 0.226 e. The van der Waals surface area contributed by atoms with Gasteiger partial charge in [0, 0.05) is 43.7 Å². The Morgan fingerprint density at radius 1 is 0.763 bits per heavy atom. The third kappa shape index (κ3) is 5.85. The largest absolute Gasteiger partial charge is 0.497 e. The Hall–Kier alpha value is -3.80. The number of rotatable bonds is 7. The number of anilines is 1. The van der Waals surface area contributed by atoms with Gasteiger partial charge in [-0.2, -0.15) is 0 Å². The standard InChI is InChI=1S/C32H37N3O3/c1-38-27-18-16-26(17-19-27)34-20-22-35(23-21-34)32(37)29-15-9-8-14-28(29)31(36)33-30(24-10-4-2-5-11-24)25-12-6-3-7-13-25/h2-7,10-13,16-19,28-30H,8-9,14-15,20-23H2,1H3,(H,33,36). The molecule has 38 heavy (non-hydrogen) atoms. The van der Waals surface area contributed by atoms with E-state index in [2.05, 4.69) is 22.3 Å². The van der Waals surface area contributed by atoms with Gasteiger partial charge in [0.25, 0.3) is 0 Å². The Labute approximate surface area is 225 Å². The quantitative estimate of drug-likeness (QED) is 0.482. The van der Waals surface area contributed by atoms with Crippen LogP contribution in [0.4, 0.5) is 5.69 Å². The third-order valence-corrected chi connectivity index (χ3v) is 8.00. The van der Waals surface area contributed by atoms with E-state index >= 15 is 0 Å². The summed E-state index contributed by atoms with van der Waals surface area (Å²) in [7, 11) is 1.67. The van der Waals surface area contributed by atoms with Crippen molar-refractivity contribution in [3.05, 3.63) is 96.1 Å². The van der Waals surface area contributed by atoms with Gasteiger partial charge in [-0.25, -0.2) is 0 Å². The zero-order valence-electron chi connectivity index (χ0n) is 22.1. The van der Waals surface area contributed by atoms with E-state index < -0.39 is 0 Å². The number of amides is 2. The van der Waals surface area contributed by atoms with Crippen molar-refractivity contribution in [2.75, 3.05) is 38.2 Å². The van der Waals surface area contributed by atoms with Crippen LogP contribution in [0.5, 0.6) is 5.75 Å². The number of nitrogens with zero attached hydrogens (tertiary/aromatic N) is 2. The van der Waals surface area contributed by atoms with E-state index in [-0.39, 0.29) is 29.7 Å². The van der Waals surface area contributed by atoms with Gasteiger partial charge < -0.3 is 19.9 Å². The molecule has 5 rings (SSSR count). The van der Waals surface area contributed by atoms with Gasteiger partial charge in [0.1, 0.15) is 5.75 Å². The lowest BCUT2D eigenvalue weighted by Gasteiger charge is -2.40. The molecule has 6 heteroatoms. The van der Waals surface area contributed by atoms with Crippen LogP contribution in [0.25, 0.3) is 0 Å². The lowest BCUT2D eigenvalue weighted by atomic mass is 9.77. The number of carbonyl (C=O) groups is 2. The van der Waals surface area contributed by atoms with Crippen LogP contribution in [0.15, 0.2) is 84.9 Å². The third-order valence-electron chi connectivity index (χ3n) is 8.00. The molecule has 1 N–H and O–H groups in total. The maximum absolute atomic E-state index is 13.7. The fraction of sp³-hybridized carbons (Fsp3) is 0.375. The molecule has 1 heterocycles. The van der Waals surface area contributed by atoms with Gasteiger partial charge in [-0.3, -0.25) is 9.59 Å². The molecule has 2 unspecified atom stereocenters. The zero-order valence-corrected chi connectivity index (χ0v) is 22.1. The Morgan fingerprint density at radius 3 is 1.87 bits per heavy atom. The van der Waals surface area contributed by atoms with Crippen LogP contribution in [0.3, 0.4) is 0 Å². The molecule has 1 aliphatic heterocycles. The van der Waals surface area contributed by atoms with Crippen molar-refractivity contribution in [1.29, 1.82) is 0 Å². The van der Waals surface area contributed by atoms with Crippen LogP contribution >= 0.6 is 0 Å². The summed E-state index contributed by atoms with van der Waals surface area (Å²) in [4.78, 5) is 31.8. The van der Waals surface area contributed by atoms with Gasteiger partial charge in [-0.1, -0.05) is 73.5 Å². The molecule has 3 aromatic carbocycles. The van der Waals surface area contributed by atoms with Crippen molar-refractivity contribution in [2.45, 2.75) is 31.7 Å². The average Bonchev–Trinajstić information content (AvgIpc) is 3.00. The summed E-state index contributed by atoms with van der Waals surface area (Å²) >= 11 is 0. The number of ether oxygens (including phenoxy) is 1. The summed E-state index contributed by atoms with van der Waals surface area (Å²) in [6, 6.07) is 28.0. The molecule has 0 aromatic heterocycles. The first-order valence-electron chi connectivity index (χ1n) is 13.7. The molecule has 2 fully saturated rings. The number of hydrogen-bond acceptors (Lipinski definition) is 4. The number of hydrogen-bond donors (Lipinski definition) is 1. The molecule has 6 nitrogen and oxygen atoms in total. The van der Waals surface area contributed by atoms with Crippen molar-refractivity contribution in [2.24, 2.45) is 11.8 Å². The summed E-state index contributed by atoms with van der Waals surface area (Å²) in [5.74, 6) is 0.396. The molecule has 198 valence electrons. The molecule has 2 atom stereocenters. The van der Waals surface area contributed by atoms with Gasteiger partial charge in [-0.15, -0.1) is 0 Å². The van der Waals surface area contributed by atoms with Crippen LogP contribution in [0, 0.1) is 11.8 Å². The van der Waals surface area contributed by atoms with E-state index in [1.807, 2.05) is 77.7 Å². The molecule has 3 aromatic rings. The van der Waals surface area contributed by atoms with Crippen LogP contribution in [0.1, 0.15) is 42.9 Å². The predicted molar refractivity (Wildman–Crippen MR) is 150 cm³/mol. The second-order valence-corrected chi connectivity index (χ2v) is 10.3. The molecule has 2 aliphatic rings. The highest BCUT2D eigenvalue weighted by Crippen LogP contribution is 2.34. The first kappa shape index (κ1) is 25.8. The van der Waals surface area contributed by atoms with Gasteiger partial charge >= 0.3 is 0 Å². The number of nitrogens with one attached hydrogen (secondary N) is 1. The first-order valence-corrected chi connectivity index (χ1v) is 13.7. The fourth-order valence-electron chi connectivity index (χ4n) is 5.85. The number of piperazine rings is 1.